The second-order valence-electron chi connectivity index (χ2n) is 4.50. The van der Waals surface area contributed by atoms with Crippen LogP contribution in [-0.4, -0.2) is 34.7 Å². The number of aliphatic carboxylic acids is 2. The highest BCUT2D eigenvalue weighted by atomic mass is 16.5. The number of carboxylic acids is 2. The molecule has 126 valence electrons. The molecule has 0 aliphatic carbocycles. The highest BCUT2D eigenvalue weighted by Gasteiger charge is 1.93. The number of carbonyl (C=O) groups excluding carboxylic acids is 1. The van der Waals surface area contributed by atoms with Crippen LogP contribution < -0.4 is 0 Å². The highest BCUT2D eigenvalue weighted by Crippen LogP contribution is 2.06. The van der Waals surface area contributed by atoms with E-state index in [-0.39, 0.29) is 5.97 Å². The summed E-state index contributed by atoms with van der Waals surface area (Å²) in [4.78, 5) is 28.4. The standard InChI is InChI=1S/C11H22O2.2C2H4O2/c1-3-4-5-6-7-8-9-10-13-11(2)12;2*1-2(3)4/h3-10H2,1-2H3;2*1H3,(H,3,4). The third-order valence-corrected chi connectivity index (χ3v) is 2.05. The minimum Gasteiger partial charge on any atom is -0.481 e. The van der Waals surface area contributed by atoms with Crippen LogP contribution in [-0.2, 0) is 19.1 Å². The predicted octanol–water partition coefficient (Wildman–Crippen LogP) is 3.48. The van der Waals surface area contributed by atoms with Crippen molar-refractivity contribution in [2.75, 3.05) is 6.61 Å². The molecule has 6 nitrogen and oxygen atoms in total. The Morgan fingerprint density at radius 2 is 1.10 bits per heavy atom. The van der Waals surface area contributed by atoms with Gasteiger partial charge in [0.15, 0.2) is 0 Å². The fraction of sp³-hybridized carbons (Fsp3) is 0.800. The van der Waals surface area contributed by atoms with Crippen LogP contribution in [0.3, 0.4) is 0 Å². The van der Waals surface area contributed by atoms with Gasteiger partial charge in [-0.2, -0.15) is 0 Å². The van der Waals surface area contributed by atoms with Gasteiger partial charge in [0.1, 0.15) is 0 Å². The first-order valence-corrected chi connectivity index (χ1v) is 7.26. The molecule has 0 saturated carbocycles. The Morgan fingerprint density at radius 3 is 1.43 bits per heavy atom. The molecule has 0 amide bonds. The molecule has 0 rings (SSSR count). The number of carboxylic acid groups (broad SMARTS) is 2. The van der Waals surface area contributed by atoms with E-state index in [0.717, 1.165) is 20.3 Å². The number of rotatable bonds is 8. The minimum atomic E-state index is -0.833. The van der Waals surface area contributed by atoms with Crippen molar-refractivity contribution in [3.05, 3.63) is 0 Å². The first-order chi connectivity index (χ1) is 9.73. The van der Waals surface area contributed by atoms with Crippen LogP contribution in [0.4, 0.5) is 0 Å². The molecule has 0 radical (unpaired) electrons. The van der Waals surface area contributed by atoms with Crippen LogP contribution >= 0.6 is 0 Å². The average Bonchev–Trinajstić information content (AvgIpc) is 2.31. The average molecular weight is 306 g/mol. The zero-order chi connectivity index (χ0) is 17.1. The lowest BCUT2D eigenvalue weighted by molar-refractivity contribution is -0.141. The lowest BCUT2D eigenvalue weighted by Crippen LogP contribution is -1.99. The molecule has 0 aromatic heterocycles. The van der Waals surface area contributed by atoms with Gasteiger partial charge in [-0.25, -0.2) is 0 Å². The number of ether oxygens (including phenoxy) is 1. The molecule has 0 bridgehead atoms. The van der Waals surface area contributed by atoms with E-state index in [1.807, 2.05) is 0 Å². The second-order valence-corrected chi connectivity index (χ2v) is 4.50. The second kappa shape index (κ2) is 20.7. The summed E-state index contributed by atoms with van der Waals surface area (Å²) < 4.78 is 4.83. The summed E-state index contributed by atoms with van der Waals surface area (Å²) in [5, 5.41) is 14.8. The first kappa shape index (κ1) is 24.4. The van der Waals surface area contributed by atoms with Gasteiger partial charge in [0.25, 0.3) is 11.9 Å². The van der Waals surface area contributed by atoms with Crippen molar-refractivity contribution in [3.63, 3.8) is 0 Å². The van der Waals surface area contributed by atoms with E-state index < -0.39 is 11.9 Å². The predicted molar refractivity (Wildman–Crippen MR) is 81.2 cm³/mol. The van der Waals surface area contributed by atoms with E-state index in [0.29, 0.717) is 6.61 Å². The SMILES string of the molecule is CC(=O)O.CC(=O)O.CCCCCCCCCOC(C)=O. The number of hydrogen-bond acceptors (Lipinski definition) is 4. The lowest BCUT2D eigenvalue weighted by atomic mass is 10.1. The Hall–Kier alpha value is -1.59. The largest absolute Gasteiger partial charge is 0.481 e. The Bertz CT molecular complexity index is 243. The molecule has 6 heteroatoms. The van der Waals surface area contributed by atoms with Crippen molar-refractivity contribution >= 4 is 17.9 Å². The maximum absolute atomic E-state index is 10.4. The van der Waals surface area contributed by atoms with Crippen molar-refractivity contribution in [1.82, 2.24) is 0 Å². The van der Waals surface area contributed by atoms with Crippen molar-refractivity contribution in [3.8, 4) is 0 Å². The molecular formula is C15H30O6. The van der Waals surface area contributed by atoms with Crippen LogP contribution in [0.5, 0.6) is 0 Å². The number of unbranched alkanes of at least 4 members (excludes halogenated alkanes) is 6. The monoisotopic (exact) mass is 306 g/mol. The molecule has 0 unspecified atom stereocenters. The van der Waals surface area contributed by atoms with Gasteiger partial charge in [-0.15, -0.1) is 0 Å². The Morgan fingerprint density at radius 1 is 0.762 bits per heavy atom. The molecule has 0 saturated heterocycles. The molecule has 0 aromatic rings. The van der Waals surface area contributed by atoms with E-state index in [1.165, 1.54) is 45.4 Å². The van der Waals surface area contributed by atoms with Gasteiger partial charge in [-0.3, -0.25) is 14.4 Å². The summed E-state index contributed by atoms with van der Waals surface area (Å²) in [5.74, 6) is -1.83. The van der Waals surface area contributed by atoms with Crippen LogP contribution in [0.25, 0.3) is 0 Å². The Balaban J connectivity index is -0.000000334. The molecule has 0 fully saturated rings. The molecule has 0 aliphatic rings. The van der Waals surface area contributed by atoms with Gasteiger partial charge >= 0.3 is 5.97 Å². The molecule has 0 heterocycles. The van der Waals surface area contributed by atoms with Crippen LogP contribution in [0.1, 0.15) is 72.6 Å². The third kappa shape index (κ3) is 70.1. The van der Waals surface area contributed by atoms with Crippen molar-refractivity contribution in [2.45, 2.75) is 72.6 Å². The molecule has 2 N–H and O–H groups in total. The molecular weight excluding hydrogens is 276 g/mol. The van der Waals surface area contributed by atoms with Crippen molar-refractivity contribution in [2.24, 2.45) is 0 Å². The van der Waals surface area contributed by atoms with E-state index >= 15 is 0 Å². The van der Waals surface area contributed by atoms with Crippen LogP contribution in [0.15, 0.2) is 0 Å². The molecule has 0 atom stereocenters. The van der Waals surface area contributed by atoms with Crippen molar-refractivity contribution in [1.29, 1.82) is 0 Å². The first-order valence-electron chi connectivity index (χ1n) is 7.26. The summed E-state index contributed by atoms with van der Waals surface area (Å²) in [5.41, 5.74) is 0. The third-order valence-electron chi connectivity index (χ3n) is 2.05. The maximum atomic E-state index is 10.4. The topological polar surface area (TPSA) is 101 Å². The van der Waals surface area contributed by atoms with Crippen LogP contribution in [0.2, 0.25) is 0 Å². The Kier molecular flexibility index (Phi) is 24.1. The van der Waals surface area contributed by atoms with Gasteiger partial charge in [0, 0.05) is 20.8 Å². The van der Waals surface area contributed by atoms with E-state index in [4.69, 9.17) is 24.5 Å². The van der Waals surface area contributed by atoms with Gasteiger partial charge in [-0.1, -0.05) is 45.4 Å². The fourth-order valence-corrected chi connectivity index (χ4v) is 1.28. The summed E-state index contributed by atoms with van der Waals surface area (Å²) in [7, 11) is 0. The number of esters is 1. The van der Waals surface area contributed by atoms with Gasteiger partial charge in [0.2, 0.25) is 0 Å². The zero-order valence-electron chi connectivity index (χ0n) is 13.7. The quantitative estimate of drug-likeness (QED) is 0.526. The minimum absolute atomic E-state index is 0.161. The normalized spacial score (nSPS) is 8.57. The lowest BCUT2D eigenvalue weighted by Gasteiger charge is -2.01. The molecule has 21 heavy (non-hydrogen) atoms. The number of hydrogen-bond donors (Lipinski definition) is 2. The van der Waals surface area contributed by atoms with Gasteiger partial charge in [-0.05, 0) is 6.42 Å². The highest BCUT2D eigenvalue weighted by molar-refractivity contribution is 5.65. The summed E-state index contributed by atoms with van der Waals surface area (Å²) in [6.07, 6.45) is 8.82. The van der Waals surface area contributed by atoms with Gasteiger partial charge in [0.05, 0.1) is 6.61 Å². The van der Waals surface area contributed by atoms with E-state index in [1.54, 1.807) is 0 Å². The summed E-state index contributed by atoms with van der Waals surface area (Å²) in [6.45, 7) is 6.45. The van der Waals surface area contributed by atoms with Crippen LogP contribution in [0, 0.1) is 0 Å². The Labute approximate surface area is 127 Å². The van der Waals surface area contributed by atoms with E-state index in [9.17, 15) is 4.79 Å². The smallest absolute Gasteiger partial charge is 0.302 e. The van der Waals surface area contributed by atoms with Crippen molar-refractivity contribution < 1.29 is 29.3 Å². The molecule has 0 aromatic carbocycles. The number of carbonyl (C=O) groups is 3. The summed E-state index contributed by atoms with van der Waals surface area (Å²) in [6, 6.07) is 0. The van der Waals surface area contributed by atoms with Gasteiger partial charge < -0.3 is 14.9 Å². The van der Waals surface area contributed by atoms with E-state index in [2.05, 4.69) is 6.92 Å². The zero-order valence-corrected chi connectivity index (χ0v) is 13.7. The fourth-order valence-electron chi connectivity index (χ4n) is 1.28. The summed E-state index contributed by atoms with van der Waals surface area (Å²) >= 11 is 0. The molecule has 0 spiro atoms. The maximum Gasteiger partial charge on any atom is 0.302 e. The molecule has 0 aliphatic heterocycles.